The second-order valence-corrected chi connectivity index (χ2v) is 5.72. The Kier molecular flexibility index (Phi) is 3.43. The summed E-state index contributed by atoms with van der Waals surface area (Å²) < 4.78 is 5.80. The second kappa shape index (κ2) is 4.69. The Morgan fingerprint density at radius 1 is 1.35 bits per heavy atom. The van der Waals surface area contributed by atoms with Crippen molar-refractivity contribution in [1.82, 2.24) is 9.97 Å². The number of anilines is 1. The van der Waals surface area contributed by atoms with E-state index in [-0.39, 0.29) is 11.3 Å². The SMILES string of the molecule is CC1(C)CCC(Oc2ncnc(Cl)c2N)CC1. The second-order valence-electron chi connectivity index (χ2n) is 5.36. The molecule has 0 radical (unpaired) electrons. The van der Waals surface area contributed by atoms with Crippen molar-refractivity contribution < 1.29 is 4.74 Å². The van der Waals surface area contributed by atoms with Crippen LogP contribution < -0.4 is 10.5 Å². The molecule has 1 aromatic rings. The average molecular weight is 256 g/mol. The molecule has 0 atom stereocenters. The van der Waals surface area contributed by atoms with E-state index in [0.29, 0.717) is 17.0 Å². The van der Waals surface area contributed by atoms with Crippen molar-refractivity contribution in [2.45, 2.75) is 45.6 Å². The maximum Gasteiger partial charge on any atom is 0.242 e. The quantitative estimate of drug-likeness (QED) is 0.825. The van der Waals surface area contributed by atoms with Gasteiger partial charge in [0.15, 0.2) is 5.15 Å². The van der Waals surface area contributed by atoms with Gasteiger partial charge in [0, 0.05) is 0 Å². The number of nitrogens with zero attached hydrogens (tertiary/aromatic N) is 2. The highest BCUT2D eigenvalue weighted by atomic mass is 35.5. The first-order valence-corrected chi connectivity index (χ1v) is 6.28. The van der Waals surface area contributed by atoms with E-state index in [4.69, 9.17) is 22.1 Å². The molecule has 0 spiro atoms. The third kappa shape index (κ3) is 3.00. The van der Waals surface area contributed by atoms with Gasteiger partial charge in [-0.25, -0.2) is 4.98 Å². The molecule has 17 heavy (non-hydrogen) atoms. The summed E-state index contributed by atoms with van der Waals surface area (Å²) in [4.78, 5) is 7.83. The van der Waals surface area contributed by atoms with Crippen LogP contribution >= 0.6 is 11.6 Å². The minimum Gasteiger partial charge on any atom is -0.473 e. The molecule has 1 saturated carbocycles. The van der Waals surface area contributed by atoms with Crippen LogP contribution in [0, 0.1) is 5.41 Å². The summed E-state index contributed by atoms with van der Waals surface area (Å²) in [5.41, 5.74) is 6.53. The fourth-order valence-electron chi connectivity index (χ4n) is 2.10. The smallest absolute Gasteiger partial charge is 0.242 e. The van der Waals surface area contributed by atoms with Crippen LogP contribution in [0.2, 0.25) is 5.15 Å². The molecule has 1 heterocycles. The fourth-order valence-corrected chi connectivity index (χ4v) is 2.23. The third-order valence-electron chi connectivity index (χ3n) is 3.36. The summed E-state index contributed by atoms with van der Waals surface area (Å²) in [6.07, 6.45) is 5.96. The molecule has 0 unspecified atom stereocenters. The lowest BCUT2D eigenvalue weighted by atomic mass is 9.76. The van der Waals surface area contributed by atoms with Crippen LogP contribution in [0.1, 0.15) is 39.5 Å². The van der Waals surface area contributed by atoms with E-state index in [1.54, 1.807) is 0 Å². The lowest BCUT2D eigenvalue weighted by Crippen LogP contribution is -2.28. The number of rotatable bonds is 2. The number of ether oxygens (including phenoxy) is 1. The molecule has 0 bridgehead atoms. The summed E-state index contributed by atoms with van der Waals surface area (Å²) in [6.45, 7) is 4.58. The van der Waals surface area contributed by atoms with Crippen LogP contribution in [0.4, 0.5) is 5.69 Å². The minimum absolute atomic E-state index is 0.191. The van der Waals surface area contributed by atoms with Crippen LogP contribution in [0.25, 0.3) is 0 Å². The molecule has 1 aliphatic rings. The molecule has 1 aromatic heterocycles. The maximum atomic E-state index is 5.82. The van der Waals surface area contributed by atoms with Crippen LogP contribution in [0.5, 0.6) is 5.88 Å². The Bertz CT molecular complexity index is 399. The minimum atomic E-state index is 0.191. The Morgan fingerprint density at radius 3 is 2.65 bits per heavy atom. The Balaban J connectivity index is 2.00. The molecule has 0 saturated heterocycles. The molecule has 1 aliphatic carbocycles. The van der Waals surface area contributed by atoms with E-state index in [0.717, 1.165) is 25.7 Å². The van der Waals surface area contributed by atoms with Gasteiger partial charge >= 0.3 is 0 Å². The number of aromatic nitrogens is 2. The highest BCUT2D eigenvalue weighted by Crippen LogP contribution is 2.37. The van der Waals surface area contributed by atoms with E-state index in [2.05, 4.69) is 23.8 Å². The van der Waals surface area contributed by atoms with Gasteiger partial charge in [-0.05, 0) is 31.1 Å². The summed E-state index contributed by atoms with van der Waals surface area (Å²) >= 11 is 5.82. The summed E-state index contributed by atoms with van der Waals surface area (Å²) in [7, 11) is 0. The lowest BCUT2D eigenvalue weighted by molar-refractivity contribution is 0.0955. The van der Waals surface area contributed by atoms with Crippen LogP contribution in [-0.2, 0) is 0 Å². The normalized spacial score (nSPS) is 20.2. The van der Waals surface area contributed by atoms with Gasteiger partial charge in [0.25, 0.3) is 0 Å². The first kappa shape index (κ1) is 12.4. The van der Waals surface area contributed by atoms with E-state index in [1.807, 2.05) is 0 Å². The summed E-state index contributed by atoms with van der Waals surface area (Å²) in [5.74, 6) is 0.412. The maximum absolute atomic E-state index is 5.82. The largest absolute Gasteiger partial charge is 0.473 e. The number of nitrogens with two attached hydrogens (primary N) is 1. The number of nitrogen functional groups attached to an aromatic ring is 1. The van der Waals surface area contributed by atoms with Crippen molar-refractivity contribution in [2.75, 3.05) is 5.73 Å². The molecule has 4 nitrogen and oxygen atoms in total. The molecule has 2 N–H and O–H groups in total. The fraction of sp³-hybridized carbons (Fsp3) is 0.667. The van der Waals surface area contributed by atoms with Crippen molar-refractivity contribution in [2.24, 2.45) is 5.41 Å². The monoisotopic (exact) mass is 255 g/mol. The molecular weight excluding hydrogens is 238 g/mol. The van der Waals surface area contributed by atoms with Gasteiger partial charge in [0.05, 0.1) is 0 Å². The number of halogens is 1. The molecule has 94 valence electrons. The average Bonchev–Trinajstić information content (AvgIpc) is 2.27. The van der Waals surface area contributed by atoms with Crippen molar-refractivity contribution in [3.05, 3.63) is 11.5 Å². The van der Waals surface area contributed by atoms with E-state index >= 15 is 0 Å². The van der Waals surface area contributed by atoms with Crippen LogP contribution in [0.15, 0.2) is 6.33 Å². The molecular formula is C12H18ClN3O. The Hall–Kier alpha value is -1.03. The standard InChI is InChI=1S/C12H18ClN3O/c1-12(2)5-3-8(4-6-12)17-11-9(14)10(13)15-7-16-11/h7-8H,3-6,14H2,1-2H3. The Labute approximate surface area is 107 Å². The van der Waals surface area contributed by atoms with Crippen LogP contribution in [-0.4, -0.2) is 16.1 Å². The molecule has 0 aliphatic heterocycles. The third-order valence-corrected chi connectivity index (χ3v) is 3.66. The van der Waals surface area contributed by atoms with Gasteiger partial charge < -0.3 is 10.5 Å². The number of hydrogen-bond acceptors (Lipinski definition) is 4. The predicted molar refractivity (Wildman–Crippen MR) is 68.1 cm³/mol. The zero-order valence-corrected chi connectivity index (χ0v) is 11.0. The topological polar surface area (TPSA) is 61.0 Å². The van der Waals surface area contributed by atoms with Crippen molar-refractivity contribution in [3.63, 3.8) is 0 Å². The molecule has 0 aromatic carbocycles. The van der Waals surface area contributed by atoms with Gasteiger partial charge in [-0.15, -0.1) is 0 Å². The highest BCUT2D eigenvalue weighted by molar-refractivity contribution is 6.32. The molecule has 0 amide bonds. The van der Waals surface area contributed by atoms with Gasteiger partial charge in [0.2, 0.25) is 5.88 Å². The van der Waals surface area contributed by atoms with Gasteiger partial charge in [-0.1, -0.05) is 25.4 Å². The number of hydrogen-bond donors (Lipinski definition) is 1. The Morgan fingerprint density at radius 2 is 2.00 bits per heavy atom. The zero-order chi connectivity index (χ0) is 12.5. The van der Waals surface area contributed by atoms with Crippen molar-refractivity contribution >= 4 is 17.3 Å². The van der Waals surface area contributed by atoms with Crippen molar-refractivity contribution in [1.29, 1.82) is 0 Å². The van der Waals surface area contributed by atoms with Crippen molar-refractivity contribution in [3.8, 4) is 5.88 Å². The lowest BCUT2D eigenvalue weighted by Gasteiger charge is -2.34. The van der Waals surface area contributed by atoms with Gasteiger partial charge in [0.1, 0.15) is 18.1 Å². The predicted octanol–water partition coefficient (Wildman–Crippen LogP) is 3.06. The summed E-state index contributed by atoms with van der Waals surface area (Å²) in [5, 5.41) is 0.256. The van der Waals surface area contributed by atoms with Gasteiger partial charge in [-0.3, -0.25) is 0 Å². The van der Waals surface area contributed by atoms with E-state index < -0.39 is 0 Å². The van der Waals surface area contributed by atoms with Crippen LogP contribution in [0.3, 0.4) is 0 Å². The first-order valence-electron chi connectivity index (χ1n) is 5.90. The molecule has 1 fully saturated rings. The van der Waals surface area contributed by atoms with Gasteiger partial charge in [-0.2, -0.15) is 4.98 Å². The highest BCUT2D eigenvalue weighted by Gasteiger charge is 2.28. The molecule has 2 rings (SSSR count). The van der Waals surface area contributed by atoms with E-state index in [1.165, 1.54) is 6.33 Å². The van der Waals surface area contributed by atoms with E-state index in [9.17, 15) is 0 Å². The first-order chi connectivity index (χ1) is 7.98. The zero-order valence-electron chi connectivity index (χ0n) is 10.2. The molecule has 5 heteroatoms. The summed E-state index contributed by atoms with van der Waals surface area (Å²) in [6, 6.07) is 0.